The van der Waals surface area contributed by atoms with Crippen molar-refractivity contribution in [2.45, 2.75) is 17.9 Å². The fourth-order valence-corrected chi connectivity index (χ4v) is 0.888. The molecular weight excluding hydrogens is 202 g/mol. The predicted octanol–water partition coefficient (Wildman–Crippen LogP) is 1.48. The molecule has 8 heteroatoms. The molecule has 1 rings (SSSR count). The molecule has 76 valence electrons. The van der Waals surface area contributed by atoms with E-state index in [2.05, 4.69) is 4.99 Å². The van der Waals surface area contributed by atoms with Crippen LogP contribution in [0, 0.1) is 0 Å². The summed E-state index contributed by atoms with van der Waals surface area (Å²) in [5.41, 5.74) is -3.90. The first-order valence-corrected chi connectivity index (χ1v) is 3.10. The standard InChI is InChI=1S/C5H4F6N2/c6-4(7,8)3(5(9,10)11)1-12-2-13-3/h2H,1H2,(H,12,13). The molecular formula is C5H4F6N2. The number of halogens is 6. The van der Waals surface area contributed by atoms with Crippen LogP contribution in [0.15, 0.2) is 4.99 Å². The van der Waals surface area contributed by atoms with Gasteiger partial charge in [0.2, 0.25) is 5.54 Å². The van der Waals surface area contributed by atoms with E-state index in [0.717, 1.165) is 0 Å². The third-order valence-corrected chi connectivity index (χ3v) is 1.70. The lowest BCUT2D eigenvalue weighted by Gasteiger charge is -2.32. The zero-order valence-electron chi connectivity index (χ0n) is 6.00. The number of rotatable bonds is 0. The first kappa shape index (κ1) is 10.1. The molecule has 1 heterocycles. The van der Waals surface area contributed by atoms with Crippen LogP contribution in [0.3, 0.4) is 0 Å². The van der Waals surface area contributed by atoms with Crippen molar-refractivity contribution in [1.82, 2.24) is 5.32 Å². The zero-order chi connectivity index (χ0) is 10.3. The van der Waals surface area contributed by atoms with E-state index in [9.17, 15) is 26.3 Å². The Balaban J connectivity index is 3.04. The maximum Gasteiger partial charge on any atom is 0.422 e. The molecule has 0 amide bonds. The van der Waals surface area contributed by atoms with Gasteiger partial charge in [0.1, 0.15) is 0 Å². The van der Waals surface area contributed by atoms with Gasteiger partial charge in [-0.3, -0.25) is 4.99 Å². The highest BCUT2D eigenvalue weighted by Crippen LogP contribution is 2.44. The lowest BCUT2D eigenvalue weighted by Crippen LogP contribution is -2.65. The highest BCUT2D eigenvalue weighted by Gasteiger charge is 2.71. The van der Waals surface area contributed by atoms with Gasteiger partial charge in [0.15, 0.2) is 0 Å². The van der Waals surface area contributed by atoms with Gasteiger partial charge in [-0.05, 0) is 0 Å². The minimum atomic E-state index is -5.40. The Hall–Kier alpha value is -0.950. The smallest absolute Gasteiger partial charge is 0.354 e. The second-order valence-corrected chi connectivity index (χ2v) is 2.51. The Morgan fingerprint density at radius 2 is 1.54 bits per heavy atom. The fraction of sp³-hybridized carbons (Fsp3) is 0.800. The van der Waals surface area contributed by atoms with Crippen molar-refractivity contribution >= 4 is 6.34 Å². The Kier molecular flexibility index (Phi) is 1.96. The molecule has 0 aliphatic carbocycles. The van der Waals surface area contributed by atoms with Crippen LogP contribution in [0.5, 0.6) is 0 Å². The molecule has 1 aliphatic rings. The molecule has 0 aromatic carbocycles. The summed E-state index contributed by atoms with van der Waals surface area (Å²) >= 11 is 0. The Bertz CT molecular complexity index is 202. The molecule has 2 nitrogen and oxygen atoms in total. The van der Waals surface area contributed by atoms with Gasteiger partial charge >= 0.3 is 12.4 Å². The first-order chi connectivity index (χ1) is 5.71. The lowest BCUT2D eigenvalue weighted by atomic mass is 10.00. The van der Waals surface area contributed by atoms with Crippen LogP contribution >= 0.6 is 0 Å². The van der Waals surface area contributed by atoms with Crippen LogP contribution in [0.4, 0.5) is 26.3 Å². The Morgan fingerprint density at radius 1 is 1.08 bits per heavy atom. The van der Waals surface area contributed by atoms with Gasteiger partial charge in [0, 0.05) is 0 Å². The molecule has 0 aromatic rings. The second kappa shape index (κ2) is 2.52. The Morgan fingerprint density at radius 3 is 1.69 bits per heavy atom. The average Bonchev–Trinajstić information content (AvgIpc) is 2.28. The van der Waals surface area contributed by atoms with Crippen molar-refractivity contribution in [3.05, 3.63) is 0 Å². The number of hydrogen-bond donors (Lipinski definition) is 1. The molecule has 0 bridgehead atoms. The van der Waals surface area contributed by atoms with Crippen LogP contribution in [0.2, 0.25) is 0 Å². The fourth-order valence-electron chi connectivity index (χ4n) is 0.888. The topological polar surface area (TPSA) is 24.4 Å². The molecule has 0 radical (unpaired) electrons. The number of nitrogens with zero attached hydrogens (tertiary/aromatic N) is 1. The maximum absolute atomic E-state index is 12.0. The molecule has 0 saturated heterocycles. The normalized spacial score (nSPS) is 21.7. The van der Waals surface area contributed by atoms with Crippen LogP contribution in [-0.4, -0.2) is 30.8 Å². The molecule has 0 spiro atoms. The highest BCUT2D eigenvalue weighted by molar-refractivity contribution is 5.59. The minimum absolute atomic E-state index is 0.418. The number of hydrogen-bond acceptors (Lipinski definition) is 2. The van der Waals surface area contributed by atoms with Crippen molar-refractivity contribution in [3.8, 4) is 0 Å². The molecule has 0 fully saturated rings. The third-order valence-electron chi connectivity index (χ3n) is 1.70. The first-order valence-electron chi connectivity index (χ1n) is 3.10. The van der Waals surface area contributed by atoms with E-state index in [0.29, 0.717) is 6.34 Å². The van der Waals surface area contributed by atoms with Crippen molar-refractivity contribution in [2.75, 3.05) is 6.54 Å². The minimum Gasteiger partial charge on any atom is -0.354 e. The SMILES string of the molecule is FC(F)(F)C1(C(F)(F)F)CN=CN1. The average molecular weight is 206 g/mol. The third kappa shape index (κ3) is 1.33. The van der Waals surface area contributed by atoms with Gasteiger partial charge in [0.05, 0.1) is 12.9 Å². The number of aliphatic imine (C=N–C) groups is 1. The van der Waals surface area contributed by atoms with Gasteiger partial charge < -0.3 is 5.32 Å². The summed E-state index contributed by atoms with van der Waals surface area (Å²) < 4.78 is 72.3. The highest BCUT2D eigenvalue weighted by atomic mass is 19.4. The van der Waals surface area contributed by atoms with E-state index >= 15 is 0 Å². The summed E-state index contributed by atoms with van der Waals surface area (Å²) in [5, 5.41) is 1.21. The van der Waals surface area contributed by atoms with Gasteiger partial charge in [-0.15, -0.1) is 0 Å². The molecule has 1 N–H and O–H groups in total. The van der Waals surface area contributed by atoms with E-state index in [-0.39, 0.29) is 0 Å². The maximum atomic E-state index is 12.0. The number of alkyl halides is 6. The summed E-state index contributed by atoms with van der Waals surface area (Å²) in [5.74, 6) is 0. The number of nitrogens with one attached hydrogen (secondary N) is 1. The van der Waals surface area contributed by atoms with Crippen LogP contribution in [0.1, 0.15) is 0 Å². The van der Waals surface area contributed by atoms with Crippen LogP contribution < -0.4 is 5.32 Å². The van der Waals surface area contributed by atoms with E-state index in [4.69, 9.17) is 0 Å². The predicted molar refractivity (Wildman–Crippen MR) is 31.3 cm³/mol. The van der Waals surface area contributed by atoms with E-state index in [1.54, 1.807) is 0 Å². The van der Waals surface area contributed by atoms with Gasteiger partial charge in [-0.1, -0.05) is 0 Å². The molecule has 0 unspecified atom stereocenters. The van der Waals surface area contributed by atoms with Gasteiger partial charge in [0.25, 0.3) is 0 Å². The molecule has 13 heavy (non-hydrogen) atoms. The van der Waals surface area contributed by atoms with Crippen LogP contribution in [-0.2, 0) is 0 Å². The quantitative estimate of drug-likeness (QED) is 0.596. The van der Waals surface area contributed by atoms with Crippen molar-refractivity contribution < 1.29 is 26.3 Å². The second-order valence-electron chi connectivity index (χ2n) is 2.51. The Labute approximate surface area is 68.6 Å². The summed E-state index contributed by atoms with van der Waals surface area (Å²) in [7, 11) is 0. The zero-order valence-corrected chi connectivity index (χ0v) is 6.00. The van der Waals surface area contributed by atoms with E-state index in [1.165, 1.54) is 5.32 Å². The summed E-state index contributed by atoms with van der Waals surface area (Å²) in [6.45, 7) is -1.36. The monoisotopic (exact) mass is 206 g/mol. The lowest BCUT2D eigenvalue weighted by molar-refractivity contribution is -0.296. The van der Waals surface area contributed by atoms with Gasteiger partial charge in [-0.25, -0.2) is 0 Å². The molecule has 1 aliphatic heterocycles. The van der Waals surface area contributed by atoms with Crippen molar-refractivity contribution in [3.63, 3.8) is 0 Å². The largest absolute Gasteiger partial charge is 0.422 e. The van der Waals surface area contributed by atoms with E-state index < -0.39 is 24.4 Å². The summed E-state index contributed by atoms with van der Waals surface area (Å²) in [4.78, 5) is 2.89. The van der Waals surface area contributed by atoms with Gasteiger partial charge in [-0.2, -0.15) is 26.3 Å². The van der Waals surface area contributed by atoms with Crippen molar-refractivity contribution in [2.24, 2.45) is 4.99 Å². The summed E-state index contributed by atoms with van der Waals surface area (Å²) in [6.07, 6.45) is -10.4. The molecule has 0 atom stereocenters. The van der Waals surface area contributed by atoms with E-state index in [1.807, 2.05) is 0 Å². The molecule has 0 saturated carbocycles. The molecule has 0 aromatic heterocycles. The van der Waals surface area contributed by atoms with Crippen LogP contribution in [0.25, 0.3) is 0 Å². The summed E-state index contributed by atoms with van der Waals surface area (Å²) in [6, 6.07) is 0. The van der Waals surface area contributed by atoms with Crippen molar-refractivity contribution in [1.29, 1.82) is 0 Å².